The number of carbonyl (C=O) groups excluding carboxylic acids is 1. The number of amides is 1. The minimum Gasteiger partial charge on any atom is -0.340 e. The fourth-order valence-corrected chi connectivity index (χ4v) is 2.98. The van der Waals surface area contributed by atoms with Gasteiger partial charge in [-0.05, 0) is 31.4 Å². The molecule has 22 heavy (non-hydrogen) atoms. The Hall–Kier alpha value is -1.77. The van der Waals surface area contributed by atoms with Crippen LogP contribution in [0.3, 0.4) is 0 Å². The van der Waals surface area contributed by atoms with Crippen LogP contribution in [0.25, 0.3) is 10.9 Å². The van der Waals surface area contributed by atoms with Gasteiger partial charge in [-0.25, -0.2) is 0 Å². The Kier molecular flexibility index (Phi) is 5.64. The Morgan fingerprint density at radius 1 is 1.14 bits per heavy atom. The maximum atomic E-state index is 12.9. The van der Waals surface area contributed by atoms with Crippen LogP contribution in [0.2, 0.25) is 0 Å². The summed E-state index contributed by atoms with van der Waals surface area (Å²) in [5, 5.41) is 1.20. The van der Waals surface area contributed by atoms with Gasteiger partial charge < -0.3 is 9.47 Å². The average Bonchev–Trinajstić information content (AvgIpc) is 2.82. The number of benzene rings is 1. The molecule has 0 bridgehead atoms. The number of hydrogen-bond donors (Lipinski definition) is 0. The van der Waals surface area contributed by atoms with Gasteiger partial charge in [0.15, 0.2) is 0 Å². The van der Waals surface area contributed by atoms with E-state index in [1.807, 2.05) is 11.9 Å². The first-order valence-electron chi connectivity index (χ1n) is 8.45. The van der Waals surface area contributed by atoms with Crippen LogP contribution in [0.5, 0.6) is 0 Å². The van der Waals surface area contributed by atoms with Gasteiger partial charge in [-0.15, -0.1) is 0 Å². The van der Waals surface area contributed by atoms with Crippen LogP contribution in [0.4, 0.5) is 0 Å². The molecule has 0 saturated carbocycles. The lowest BCUT2D eigenvalue weighted by molar-refractivity contribution is 0.0782. The molecule has 3 nitrogen and oxygen atoms in total. The predicted octanol–water partition coefficient (Wildman–Crippen LogP) is 4.62. The van der Waals surface area contributed by atoms with Gasteiger partial charge in [-0.3, -0.25) is 4.79 Å². The highest BCUT2D eigenvalue weighted by molar-refractivity contribution is 6.01. The van der Waals surface area contributed by atoms with Crippen LogP contribution in [-0.4, -0.2) is 29.0 Å². The number of hydrogen-bond acceptors (Lipinski definition) is 1. The lowest BCUT2D eigenvalue weighted by Gasteiger charge is -2.19. The highest BCUT2D eigenvalue weighted by atomic mass is 16.2. The van der Waals surface area contributed by atoms with Crippen LogP contribution in [0, 0.1) is 6.92 Å². The number of nitrogens with zero attached hydrogens (tertiary/aromatic N) is 2. The van der Waals surface area contributed by atoms with Crippen molar-refractivity contribution < 1.29 is 4.79 Å². The molecule has 0 fully saturated rings. The van der Waals surface area contributed by atoms with Crippen molar-refractivity contribution in [2.75, 3.05) is 13.6 Å². The zero-order valence-electron chi connectivity index (χ0n) is 14.4. The Morgan fingerprint density at radius 3 is 2.50 bits per heavy atom. The molecule has 0 unspecified atom stereocenters. The molecule has 3 heteroatoms. The summed E-state index contributed by atoms with van der Waals surface area (Å²) in [6, 6.07) is 8.35. The van der Waals surface area contributed by atoms with E-state index in [1.54, 1.807) is 0 Å². The predicted molar refractivity (Wildman–Crippen MR) is 93.5 cm³/mol. The van der Waals surface area contributed by atoms with E-state index in [2.05, 4.69) is 49.6 Å². The highest BCUT2D eigenvalue weighted by Crippen LogP contribution is 2.27. The number of para-hydroxylation sites is 1. The molecule has 1 amide bonds. The number of aryl methyl sites for hydroxylation is 2. The van der Waals surface area contributed by atoms with Crippen molar-refractivity contribution in [3.63, 3.8) is 0 Å². The molecule has 2 rings (SSSR count). The summed E-state index contributed by atoms with van der Waals surface area (Å²) in [4.78, 5) is 14.8. The Labute approximate surface area is 133 Å². The van der Waals surface area contributed by atoms with Gasteiger partial charge in [-0.2, -0.15) is 0 Å². The number of fused-ring (bicyclic) bond motifs is 1. The van der Waals surface area contributed by atoms with Crippen molar-refractivity contribution in [1.82, 2.24) is 9.47 Å². The average molecular weight is 300 g/mol. The minimum absolute atomic E-state index is 0.151. The van der Waals surface area contributed by atoms with Crippen molar-refractivity contribution >= 4 is 16.8 Å². The standard InChI is InChI=1S/C19H28N2O/c1-5-7-13-20(4)19(22)18-15(3)16-11-9-10-12-17(16)21(18)14-8-6-2/h9-12H,5-8,13-14H2,1-4H3. The van der Waals surface area contributed by atoms with E-state index in [0.29, 0.717) is 0 Å². The lowest BCUT2D eigenvalue weighted by atomic mass is 10.1. The van der Waals surface area contributed by atoms with Gasteiger partial charge in [0.05, 0.1) is 0 Å². The van der Waals surface area contributed by atoms with Gasteiger partial charge >= 0.3 is 0 Å². The first-order chi connectivity index (χ1) is 10.6. The molecule has 0 atom stereocenters. The van der Waals surface area contributed by atoms with Crippen LogP contribution >= 0.6 is 0 Å². The second-order valence-electron chi connectivity index (χ2n) is 6.08. The molecule has 1 aromatic heterocycles. The first-order valence-corrected chi connectivity index (χ1v) is 8.45. The number of carbonyl (C=O) groups is 1. The molecule has 120 valence electrons. The number of rotatable bonds is 7. The van der Waals surface area contributed by atoms with Gasteiger partial charge in [-0.1, -0.05) is 44.9 Å². The third-order valence-corrected chi connectivity index (χ3v) is 4.36. The van der Waals surface area contributed by atoms with E-state index in [4.69, 9.17) is 0 Å². The molecule has 0 aliphatic rings. The van der Waals surface area contributed by atoms with Gasteiger partial charge in [0, 0.05) is 31.0 Å². The quantitative estimate of drug-likeness (QED) is 0.732. The van der Waals surface area contributed by atoms with E-state index < -0.39 is 0 Å². The van der Waals surface area contributed by atoms with Crippen molar-refractivity contribution in [1.29, 1.82) is 0 Å². The van der Waals surface area contributed by atoms with E-state index >= 15 is 0 Å². The molecule has 1 heterocycles. The molecule has 0 aliphatic heterocycles. The summed E-state index contributed by atoms with van der Waals surface area (Å²) in [5.74, 6) is 0.151. The maximum Gasteiger partial charge on any atom is 0.270 e. The Balaban J connectivity index is 2.46. The van der Waals surface area contributed by atoms with E-state index in [-0.39, 0.29) is 5.91 Å². The summed E-state index contributed by atoms with van der Waals surface area (Å²) < 4.78 is 2.22. The fourth-order valence-electron chi connectivity index (χ4n) is 2.98. The smallest absolute Gasteiger partial charge is 0.270 e. The third kappa shape index (κ3) is 3.18. The highest BCUT2D eigenvalue weighted by Gasteiger charge is 2.22. The molecular formula is C19H28N2O. The van der Waals surface area contributed by atoms with Crippen molar-refractivity contribution in [2.24, 2.45) is 0 Å². The SMILES string of the molecule is CCCCN(C)C(=O)c1c(C)c2ccccc2n1CCCC. The van der Waals surface area contributed by atoms with E-state index in [0.717, 1.165) is 50.0 Å². The number of aromatic nitrogens is 1. The van der Waals surface area contributed by atoms with Crippen LogP contribution in [0.15, 0.2) is 24.3 Å². The summed E-state index contributed by atoms with van der Waals surface area (Å²) in [6.07, 6.45) is 4.38. The second-order valence-corrected chi connectivity index (χ2v) is 6.08. The Morgan fingerprint density at radius 2 is 1.82 bits per heavy atom. The summed E-state index contributed by atoms with van der Waals surface area (Å²) in [5.41, 5.74) is 3.16. The monoisotopic (exact) mass is 300 g/mol. The van der Waals surface area contributed by atoms with Crippen molar-refractivity contribution in [3.8, 4) is 0 Å². The largest absolute Gasteiger partial charge is 0.340 e. The van der Waals surface area contributed by atoms with E-state index in [1.165, 1.54) is 10.9 Å². The second kappa shape index (κ2) is 7.48. The molecule has 0 saturated heterocycles. The molecule has 1 aromatic carbocycles. The molecule has 0 radical (unpaired) electrons. The first kappa shape index (κ1) is 16.6. The van der Waals surface area contributed by atoms with E-state index in [9.17, 15) is 4.79 Å². The van der Waals surface area contributed by atoms with Crippen LogP contribution in [0.1, 0.15) is 55.6 Å². The molecular weight excluding hydrogens is 272 g/mol. The molecule has 0 N–H and O–H groups in total. The number of unbranched alkanes of at least 4 members (excludes halogenated alkanes) is 2. The van der Waals surface area contributed by atoms with Gasteiger partial charge in [0.25, 0.3) is 5.91 Å². The van der Waals surface area contributed by atoms with Crippen LogP contribution < -0.4 is 0 Å². The van der Waals surface area contributed by atoms with Crippen molar-refractivity contribution in [3.05, 3.63) is 35.5 Å². The molecule has 0 aliphatic carbocycles. The molecule has 2 aromatic rings. The molecule has 0 spiro atoms. The van der Waals surface area contributed by atoms with Crippen LogP contribution in [-0.2, 0) is 6.54 Å². The summed E-state index contributed by atoms with van der Waals surface area (Å²) in [6.45, 7) is 8.15. The lowest BCUT2D eigenvalue weighted by Crippen LogP contribution is -2.30. The van der Waals surface area contributed by atoms with Crippen molar-refractivity contribution in [2.45, 2.75) is 53.0 Å². The Bertz CT molecular complexity index is 642. The third-order valence-electron chi connectivity index (χ3n) is 4.36. The van der Waals surface area contributed by atoms with Gasteiger partial charge in [0.2, 0.25) is 0 Å². The van der Waals surface area contributed by atoms with Gasteiger partial charge in [0.1, 0.15) is 5.69 Å². The normalized spacial score (nSPS) is 11.1. The fraction of sp³-hybridized carbons (Fsp3) is 0.526. The zero-order chi connectivity index (χ0) is 16.1. The minimum atomic E-state index is 0.151. The topological polar surface area (TPSA) is 25.2 Å². The maximum absolute atomic E-state index is 12.9. The summed E-state index contributed by atoms with van der Waals surface area (Å²) in [7, 11) is 1.92. The zero-order valence-corrected chi connectivity index (χ0v) is 14.4. The summed E-state index contributed by atoms with van der Waals surface area (Å²) >= 11 is 0.